The minimum absolute atomic E-state index is 0.345. The lowest BCUT2D eigenvalue weighted by Crippen LogP contribution is -2.14. The Hall–Kier alpha value is -2.38. The highest BCUT2D eigenvalue weighted by molar-refractivity contribution is 5.75. The third-order valence-corrected chi connectivity index (χ3v) is 4.49. The van der Waals surface area contributed by atoms with Gasteiger partial charge in [-0.3, -0.25) is 4.98 Å². The van der Waals surface area contributed by atoms with Gasteiger partial charge >= 0.3 is 6.18 Å². The minimum atomic E-state index is -4.44. The van der Waals surface area contributed by atoms with Crippen LogP contribution in [-0.2, 0) is 6.18 Å². The second-order valence-electron chi connectivity index (χ2n) is 6.13. The molecule has 4 rings (SSSR count). The van der Waals surface area contributed by atoms with Gasteiger partial charge in [0, 0.05) is 11.8 Å². The van der Waals surface area contributed by atoms with Crippen molar-refractivity contribution in [2.45, 2.75) is 44.3 Å². The Balaban J connectivity index is 1.67. The summed E-state index contributed by atoms with van der Waals surface area (Å²) in [6, 6.07) is 2.69. The molecule has 8 heteroatoms. The Bertz CT molecular complexity index is 841. The van der Waals surface area contributed by atoms with E-state index in [1.54, 1.807) is 6.20 Å². The maximum Gasteiger partial charge on any atom is 0.433 e. The van der Waals surface area contributed by atoms with Crippen LogP contribution in [0.5, 0.6) is 0 Å². The predicted molar refractivity (Wildman–Crippen MR) is 82.2 cm³/mol. The zero-order chi connectivity index (χ0) is 16.7. The summed E-state index contributed by atoms with van der Waals surface area (Å²) in [6.45, 7) is 0. The average molecular weight is 335 g/mol. The second kappa shape index (κ2) is 5.61. The second-order valence-corrected chi connectivity index (χ2v) is 6.13. The van der Waals surface area contributed by atoms with E-state index in [1.807, 2.05) is 4.68 Å². The molecular formula is C16H16F3N5. The van der Waals surface area contributed by atoms with Crippen LogP contribution in [0.4, 0.5) is 13.2 Å². The van der Waals surface area contributed by atoms with Gasteiger partial charge in [-0.2, -0.15) is 18.3 Å². The number of rotatable bonds is 2. The predicted octanol–water partition coefficient (Wildman–Crippen LogP) is 4.35. The molecule has 3 aromatic heterocycles. The van der Waals surface area contributed by atoms with E-state index in [9.17, 15) is 13.2 Å². The summed E-state index contributed by atoms with van der Waals surface area (Å²) in [6.07, 6.45) is 4.27. The van der Waals surface area contributed by atoms with Crippen LogP contribution in [0.1, 0.15) is 43.8 Å². The van der Waals surface area contributed by atoms with Gasteiger partial charge in [-0.25, -0.2) is 9.67 Å². The van der Waals surface area contributed by atoms with E-state index in [0.717, 1.165) is 30.1 Å². The largest absolute Gasteiger partial charge is 0.433 e. The maximum atomic E-state index is 12.6. The van der Waals surface area contributed by atoms with Gasteiger partial charge < -0.3 is 4.98 Å². The minimum Gasteiger partial charge on any atom is -0.335 e. The van der Waals surface area contributed by atoms with Crippen LogP contribution in [0.2, 0.25) is 0 Å². The SMILES string of the molecule is FC(F)(F)c1ccc(-c2nc3c(cnn3C3CCCCC3)[nH]2)cn1. The number of hydrogen-bond donors (Lipinski definition) is 1. The van der Waals surface area contributed by atoms with Crippen LogP contribution in [0, 0.1) is 0 Å². The summed E-state index contributed by atoms with van der Waals surface area (Å²) in [5.74, 6) is 0.508. The summed E-state index contributed by atoms with van der Waals surface area (Å²) in [4.78, 5) is 11.1. The molecule has 1 aliphatic carbocycles. The molecule has 126 valence electrons. The smallest absolute Gasteiger partial charge is 0.335 e. The monoisotopic (exact) mass is 335 g/mol. The summed E-state index contributed by atoms with van der Waals surface area (Å²) in [5.41, 5.74) is 1.15. The van der Waals surface area contributed by atoms with E-state index in [1.165, 1.54) is 31.5 Å². The molecule has 0 saturated heterocycles. The van der Waals surface area contributed by atoms with E-state index >= 15 is 0 Å². The van der Waals surface area contributed by atoms with Crippen molar-refractivity contribution >= 4 is 11.2 Å². The molecular weight excluding hydrogens is 319 g/mol. The molecule has 1 fully saturated rings. The highest BCUT2D eigenvalue weighted by atomic mass is 19.4. The molecule has 0 radical (unpaired) electrons. The fourth-order valence-corrected chi connectivity index (χ4v) is 3.25. The number of imidazole rings is 1. The molecule has 1 aliphatic rings. The molecule has 3 heterocycles. The molecule has 0 atom stereocenters. The van der Waals surface area contributed by atoms with Crippen molar-refractivity contribution in [3.8, 4) is 11.4 Å². The Morgan fingerprint density at radius 3 is 2.54 bits per heavy atom. The van der Waals surface area contributed by atoms with Crippen LogP contribution < -0.4 is 0 Å². The lowest BCUT2D eigenvalue weighted by Gasteiger charge is -2.21. The fourth-order valence-electron chi connectivity index (χ4n) is 3.25. The van der Waals surface area contributed by atoms with E-state index < -0.39 is 11.9 Å². The molecule has 0 aliphatic heterocycles. The molecule has 0 bridgehead atoms. The zero-order valence-corrected chi connectivity index (χ0v) is 12.8. The molecule has 3 aromatic rings. The van der Waals surface area contributed by atoms with Crippen molar-refractivity contribution in [2.75, 3.05) is 0 Å². The lowest BCUT2D eigenvalue weighted by atomic mass is 9.96. The number of hydrogen-bond acceptors (Lipinski definition) is 3. The molecule has 24 heavy (non-hydrogen) atoms. The Labute approximate surface area is 135 Å². The third kappa shape index (κ3) is 2.65. The van der Waals surface area contributed by atoms with Crippen molar-refractivity contribution in [1.82, 2.24) is 24.7 Å². The quantitative estimate of drug-likeness (QED) is 0.757. The molecule has 5 nitrogen and oxygen atoms in total. The van der Waals surface area contributed by atoms with Crippen molar-refractivity contribution in [1.29, 1.82) is 0 Å². The number of aromatic amines is 1. The van der Waals surface area contributed by atoms with Crippen molar-refractivity contribution < 1.29 is 13.2 Å². The lowest BCUT2D eigenvalue weighted by molar-refractivity contribution is -0.141. The highest BCUT2D eigenvalue weighted by Gasteiger charge is 2.32. The van der Waals surface area contributed by atoms with Crippen LogP contribution in [0.15, 0.2) is 24.5 Å². The molecule has 0 spiro atoms. The first kappa shape index (κ1) is 15.2. The molecule has 0 amide bonds. The fraction of sp³-hybridized carbons (Fsp3) is 0.438. The Morgan fingerprint density at radius 1 is 1.08 bits per heavy atom. The van der Waals surface area contributed by atoms with Crippen LogP contribution in [0.3, 0.4) is 0 Å². The van der Waals surface area contributed by atoms with Crippen molar-refractivity contribution in [3.05, 3.63) is 30.2 Å². The van der Waals surface area contributed by atoms with Gasteiger partial charge in [-0.15, -0.1) is 0 Å². The number of halogens is 3. The highest BCUT2D eigenvalue weighted by Crippen LogP contribution is 2.31. The first-order chi connectivity index (χ1) is 11.5. The van der Waals surface area contributed by atoms with Crippen molar-refractivity contribution in [2.24, 2.45) is 0 Å². The Morgan fingerprint density at radius 2 is 1.88 bits per heavy atom. The van der Waals surface area contributed by atoms with E-state index in [2.05, 4.69) is 20.1 Å². The number of alkyl halides is 3. The summed E-state index contributed by atoms with van der Waals surface area (Å²) >= 11 is 0. The van der Waals surface area contributed by atoms with Gasteiger partial charge in [0.25, 0.3) is 0 Å². The van der Waals surface area contributed by atoms with Gasteiger partial charge in [0.1, 0.15) is 17.0 Å². The first-order valence-electron chi connectivity index (χ1n) is 7.99. The van der Waals surface area contributed by atoms with Crippen LogP contribution in [-0.4, -0.2) is 24.7 Å². The maximum absolute atomic E-state index is 12.6. The van der Waals surface area contributed by atoms with Gasteiger partial charge in [0.15, 0.2) is 5.65 Å². The van der Waals surface area contributed by atoms with E-state index in [0.29, 0.717) is 17.4 Å². The molecule has 1 saturated carbocycles. The third-order valence-electron chi connectivity index (χ3n) is 4.49. The standard InChI is InChI=1S/C16H16F3N5/c17-16(18,19)13-7-6-10(8-20-13)14-22-12-9-21-24(15(12)23-14)11-4-2-1-3-5-11/h6-9,11H,1-5H2,(H,22,23). The normalized spacial score (nSPS) is 16.8. The number of nitrogens with zero attached hydrogens (tertiary/aromatic N) is 4. The van der Waals surface area contributed by atoms with E-state index in [4.69, 9.17) is 0 Å². The van der Waals surface area contributed by atoms with Gasteiger partial charge in [0.2, 0.25) is 0 Å². The summed E-state index contributed by atoms with van der Waals surface area (Å²) in [7, 11) is 0. The van der Waals surface area contributed by atoms with Gasteiger partial charge in [-0.1, -0.05) is 19.3 Å². The Kier molecular flexibility index (Phi) is 3.54. The first-order valence-corrected chi connectivity index (χ1v) is 7.99. The number of fused-ring (bicyclic) bond motifs is 1. The van der Waals surface area contributed by atoms with E-state index in [-0.39, 0.29) is 0 Å². The topological polar surface area (TPSA) is 59.4 Å². The zero-order valence-electron chi connectivity index (χ0n) is 12.8. The number of nitrogens with one attached hydrogen (secondary N) is 1. The number of pyridine rings is 1. The summed E-state index contributed by atoms with van der Waals surface area (Å²) < 4.78 is 39.7. The summed E-state index contributed by atoms with van der Waals surface area (Å²) in [5, 5.41) is 4.42. The van der Waals surface area contributed by atoms with Crippen LogP contribution >= 0.6 is 0 Å². The average Bonchev–Trinajstić information content (AvgIpc) is 3.15. The molecule has 1 N–H and O–H groups in total. The number of H-pyrrole nitrogens is 1. The van der Waals surface area contributed by atoms with Crippen molar-refractivity contribution in [3.63, 3.8) is 0 Å². The molecule has 0 aromatic carbocycles. The van der Waals surface area contributed by atoms with Crippen LogP contribution in [0.25, 0.3) is 22.6 Å². The number of aromatic nitrogens is 5. The molecule has 0 unspecified atom stereocenters. The van der Waals surface area contributed by atoms with Gasteiger partial charge in [-0.05, 0) is 25.0 Å². The van der Waals surface area contributed by atoms with Gasteiger partial charge in [0.05, 0.1) is 12.2 Å².